The smallest absolute Gasteiger partial charge is 0.337 e. The lowest BCUT2D eigenvalue weighted by Crippen LogP contribution is -2.41. The number of amides is 2. The fraction of sp³-hybridized carbons (Fsp3) is 0.444. The SMILES string of the molecule is COC(=O)c1cc(CNC(=O)[C@H]2CCOC(C)(C)C2)cc(NC(=O)C2(c3ccc(Cl)cc3)CC2)c1. The first-order valence-electron chi connectivity index (χ1n) is 11.8. The van der Waals surface area contributed by atoms with Crippen molar-refractivity contribution in [3.63, 3.8) is 0 Å². The van der Waals surface area contributed by atoms with E-state index in [1.165, 1.54) is 7.11 Å². The molecular weight excluding hydrogens is 468 g/mol. The number of rotatable bonds is 7. The second kappa shape index (κ2) is 9.99. The second-order valence-electron chi connectivity index (χ2n) is 9.97. The second-order valence-corrected chi connectivity index (χ2v) is 10.4. The molecule has 2 aromatic rings. The number of ether oxygens (including phenoxy) is 2. The van der Waals surface area contributed by atoms with Crippen molar-refractivity contribution >= 4 is 35.1 Å². The Labute approximate surface area is 210 Å². The zero-order valence-electron chi connectivity index (χ0n) is 20.3. The van der Waals surface area contributed by atoms with Crippen molar-refractivity contribution < 1.29 is 23.9 Å². The Bertz CT molecular complexity index is 1120. The lowest BCUT2D eigenvalue weighted by Gasteiger charge is -2.34. The maximum Gasteiger partial charge on any atom is 0.337 e. The summed E-state index contributed by atoms with van der Waals surface area (Å²) in [6, 6.07) is 12.3. The van der Waals surface area contributed by atoms with Gasteiger partial charge in [-0.05, 0) is 81.0 Å². The standard InChI is InChI=1S/C27H31ClN2O5/c1-26(2)15-18(8-11-35-26)23(31)29-16-17-12-19(24(32)34-3)14-22(13-17)30-25(33)27(9-10-27)20-4-6-21(28)7-5-20/h4-7,12-14,18H,8-11,15-16H2,1-3H3,(H,29,31)(H,30,33)/t18-/m0/s1. The first-order chi connectivity index (χ1) is 16.6. The summed E-state index contributed by atoms with van der Waals surface area (Å²) >= 11 is 6.00. The van der Waals surface area contributed by atoms with Crippen LogP contribution in [0.5, 0.6) is 0 Å². The highest BCUT2D eigenvalue weighted by atomic mass is 35.5. The Morgan fingerprint density at radius 2 is 1.83 bits per heavy atom. The fourth-order valence-corrected chi connectivity index (χ4v) is 4.81. The van der Waals surface area contributed by atoms with Gasteiger partial charge in [0.05, 0.1) is 23.7 Å². The fourth-order valence-electron chi connectivity index (χ4n) is 4.68. The molecule has 35 heavy (non-hydrogen) atoms. The van der Waals surface area contributed by atoms with E-state index in [-0.39, 0.29) is 29.9 Å². The summed E-state index contributed by atoms with van der Waals surface area (Å²) in [6.07, 6.45) is 2.80. The summed E-state index contributed by atoms with van der Waals surface area (Å²) < 4.78 is 10.6. The zero-order chi connectivity index (χ0) is 25.2. The first kappa shape index (κ1) is 25.2. The average molecular weight is 499 g/mol. The van der Waals surface area contributed by atoms with Crippen LogP contribution in [0.1, 0.15) is 61.0 Å². The molecule has 2 aliphatic rings. The van der Waals surface area contributed by atoms with Crippen molar-refractivity contribution in [3.8, 4) is 0 Å². The van der Waals surface area contributed by atoms with Gasteiger partial charge in [0, 0.05) is 29.8 Å². The van der Waals surface area contributed by atoms with Crippen molar-refractivity contribution in [2.24, 2.45) is 5.92 Å². The van der Waals surface area contributed by atoms with E-state index < -0.39 is 11.4 Å². The molecule has 0 radical (unpaired) electrons. The molecule has 1 saturated carbocycles. The number of carbonyl (C=O) groups excluding carboxylic acids is 3. The maximum atomic E-state index is 13.2. The molecule has 0 spiro atoms. The third-order valence-corrected chi connectivity index (χ3v) is 7.04. The van der Waals surface area contributed by atoms with Gasteiger partial charge in [0.25, 0.3) is 0 Å². The van der Waals surface area contributed by atoms with Crippen LogP contribution >= 0.6 is 11.6 Å². The van der Waals surface area contributed by atoms with Gasteiger partial charge in [0.15, 0.2) is 0 Å². The molecule has 1 saturated heterocycles. The van der Waals surface area contributed by atoms with E-state index in [0.29, 0.717) is 41.3 Å². The summed E-state index contributed by atoms with van der Waals surface area (Å²) in [5.41, 5.74) is 1.46. The monoisotopic (exact) mass is 498 g/mol. The van der Waals surface area contributed by atoms with E-state index in [4.69, 9.17) is 21.1 Å². The van der Waals surface area contributed by atoms with E-state index in [1.807, 2.05) is 26.0 Å². The topological polar surface area (TPSA) is 93.7 Å². The Morgan fingerprint density at radius 3 is 2.46 bits per heavy atom. The van der Waals surface area contributed by atoms with Gasteiger partial charge < -0.3 is 20.1 Å². The summed E-state index contributed by atoms with van der Waals surface area (Å²) in [4.78, 5) is 38.3. The summed E-state index contributed by atoms with van der Waals surface area (Å²) in [7, 11) is 1.31. The van der Waals surface area contributed by atoms with E-state index in [0.717, 1.165) is 18.4 Å². The van der Waals surface area contributed by atoms with Gasteiger partial charge in [0.1, 0.15) is 0 Å². The third kappa shape index (κ3) is 5.85. The van der Waals surface area contributed by atoms with Crippen molar-refractivity contribution in [3.05, 3.63) is 64.2 Å². The molecule has 1 heterocycles. The van der Waals surface area contributed by atoms with Crippen LogP contribution in [-0.4, -0.2) is 37.1 Å². The predicted molar refractivity (Wildman–Crippen MR) is 133 cm³/mol. The van der Waals surface area contributed by atoms with Crippen LogP contribution in [0, 0.1) is 5.92 Å². The number of esters is 1. The minimum Gasteiger partial charge on any atom is -0.465 e. The number of methoxy groups -OCH3 is 1. The number of nitrogens with one attached hydrogen (secondary N) is 2. The summed E-state index contributed by atoms with van der Waals surface area (Å²) in [6.45, 7) is 4.75. The van der Waals surface area contributed by atoms with E-state index >= 15 is 0 Å². The van der Waals surface area contributed by atoms with E-state index in [2.05, 4.69) is 10.6 Å². The third-order valence-electron chi connectivity index (χ3n) is 6.79. The Morgan fingerprint density at radius 1 is 1.11 bits per heavy atom. The van der Waals surface area contributed by atoms with Crippen LogP contribution in [0.3, 0.4) is 0 Å². The lowest BCUT2D eigenvalue weighted by atomic mass is 9.88. The number of halogens is 1. The highest BCUT2D eigenvalue weighted by Gasteiger charge is 2.51. The molecule has 1 aliphatic heterocycles. The van der Waals surface area contributed by atoms with E-state index in [9.17, 15) is 14.4 Å². The maximum absolute atomic E-state index is 13.2. The number of hydrogen-bond donors (Lipinski definition) is 2. The molecule has 2 aromatic carbocycles. The molecule has 1 aliphatic carbocycles. The van der Waals surface area contributed by atoms with Crippen LogP contribution in [-0.2, 0) is 31.0 Å². The highest BCUT2D eigenvalue weighted by molar-refractivity contribution is 6.30. The van der Waals surface area contributed by atoms with Gasteiger partial charge in [-0.25, -0.2) is 4.79 Å². The minimum atomic E-state index is -0.601. The molecule has 0 bridgehead atoms. The molecule has 8 heteroatoms. The molecular formula is C27H31ClN2O5. The van der Waals surface area contributed by atoms with Crippen LogP contribution in [0.4, 0.5) is 5.69 Å². The van der Waals surface area contributed by atoms with Gasteiger partial charge in [-0.15, -0.1) is 0 Å². The predicted octanol–water partition coefficient (Wildman–Crippen LogP) is 4.62. The van der Waals surface area contributed by atoms with Crippen LogP contribution in [0.25, 0.3) is 0 Å². The van der Waals surface area contributed by atoms with Gasteiger partial charge >= 0.3 is 5.97 Å². The molecule has 2 amide bonds. The highest BCUT2D eigenvalue weighted by Crippen LogP contribution is 2.49. The molecule has 2 N–H and O–H groups in total. The number of anilines is 1. The first-order valence-corrected chi connectivity index (χ1v) is 12.2. The summed E-state index contributed by atoms with van der Waals surface area (Å²) in [5.74, 6) is -0.828. The van der Waals surface area contributed by atoms with Gasteiger partial charge in [-0.1, -0.05) is 23.7 Å². The minimum absolute atomic E-state index is 0.0462. The molecule has 4 rings (SSSR count). The largest absolute Gasteiger partial charge is 0.465 e. The average Bonchev–Trinajstić information content (AvgIpc) is 3.64. The van der Waals surface area contributed by atoms with Crippen molar-refractivity contribution in [1.29, 1.82) is 0 Å². The van der Waals surface area contributed by atoms with Crippen molar-refractivity contribution in [2.75, 3.05) is 19.0 Å². The molecule has 7 nitrogen and oxygen atoms in total. The van der Waals surface area contributed by atoms with Crippen LogP contribution < -0.4 is 10.6 Å². The van der Waals surface area contributed by atoms with Gasteiger partial charge in [-0.3, -0.25) is 9.59 Å². The van der Waals surface area contributed by atoms with Gasteiger partial charge in [0.2, 0.25) is 11.8 Å². The molecule has 0 aromatic heterocycles. The Hall–Kier alpha value is -2.90. The zero-order valence-corrected chi connectivity index (χ0v) is 21.0. The Kier molecular flexibility index (Phi) is 7.20. The van der Waals surface area contributed by atoms with E-state index in [1.54, 1.807) is 30.3 Å². The van der Waals surface area contributed by atoms with Crippen LogP contribution in [0.15, 0.2) is 42.5 Å². The molecule has 0 unspecified atom stereocenters. The summed E-state index contributed by atoms with van der Waals surface area (Å²) in [5, 5.41) is 6.56. The lowest BCUT2D eigenvalue weighted by molar-refractivity contribution is -0.135. The normalized spacial score (nSPS) is 19.9. The molecule has 2 fully saturated rings. The quantitative estimate of drug-likeness (QED) is 0.543. The molecule has 1 atom stereocenters. The molecule has 186 valence electrons. The number of hydrogen-bond acceptors (Lipinski definition) is 5. The number of carbonyl (C=O) groups is 3. The van der Waals surface area contributed by atoms with Crippen molar-refractivity contribution in [2.45, 2.75) is 57.1 Å². The van der Waals surface area contributed by atoms with Crippen molar-refractivity contribution in [1.82, 2.24) is 5.32 Å². The Balaban J connectivity index is 1.49. The number of benzene rings is 2. The van der Waals surface area contributed by atoms with Crippen LogP contribution in [0.2, 0.25) is 5.02 Å². The van der Waals surface area contributed by atoms with Gasteiger partial charge in [-0.2, -0.15) is 0 Å².